The van der Waals surface area contributed by atoms with Gasteiger partial charge in [-0.2, -0.15) is 18.3 Å². The molecule has 1 saturated carbocycles. The molecule has 35 heavy (non-hydrogen) atoms. The van der Waals surface area contributed by atoms with Gasteiger partial charge in [0.25, 0.3) is 5.91 Å². The molecule has 12 heteroatoms. The second kappa shape index (κ2) is 9.80. The van der Waals surface area contributed by atoms with Crippen molar-refractivity contribution in [2.45, 2.75) is 44.3 Å². The van der Waals surface area contributed by atoms with Gasteiger partial charge in [0.1, 0.15) is 18.6 Å². The average molecular weight is 487 g/mol. The van der Waals surface area contributed by atoms with E-state index in [1.807, 2.05) is 6.07 Å². The van der Waals surface area contributed by atoms with Gasteiger partial charge in [0.05, 0.1) is 23.8 Å². The van der Waals surface area contributed by atoms with Gasteiger partial charge in [0.2, 0.25) is 0 Å². The summed E-state index contributed by atoms with van der Waals surface area (Å²) in [5, 5.41) is 6.94. The summed E-state index contributed by atoms with van der Waals surface area (Å²) in [6.45, 7) is -1.33. The van der Waals surface area contributed by atoms with Crippen LogP contribution < -0.4 is 5.32 Å². The Bertz CT molecular complexity index is 1220. The molecular formula is C23H24F3N7O2. The molecule has 1 aliphatic rings. The number of amides is 1. The van der Waals surface area contributed by atoms with Crippen molar-refractivity contribution in [3.63, 3.8) is 0 Å². The first-order valence-electron chi connectivity index (χ1n) is 11.0. The zero-order valence-corrected chi connectivity index (χ0v) is 19.2. The van der Waals surface area contributed by atoms with Crippen LogP contribution in [0.4, 0.5) is 24.5 Å². The summed E-state index contributed by atoms with van der Waals surface area (Å²) in [7, 11) is 2.97. The van der Waals surface area contributed by atoms with Gasteiger partial charge in [-0.05, 0) is 31.4 Å². The summed E-state index contributed by atoms with van der Waals surface area (Å²) in [4.78, 5) is 39.5. The minimum atomic E-state index is -4.49. The van der Waals surface area contributed by atoms with E-state index in [4.69, 9.17) is 0 Å². The zero-order chi connectivity index (χ0) is 25.2. The molecule has 3 heterocycles. The molecule has 0 unspecified atom stereocenters. The van der Waals surface area contributed by atoms with Crippen molar-refractivity contribution in [1.29, 1.82) is 0 Å². The van der Waals surface area contributed by atoms with Crippen molar-refractivity contribution in [1.82, 2.24) is 29.6 Å². The molecule has 0 spiro atoms. The topological polar surface area (TPSA) is 106 Å². The maximum atomic E-state index is 13.2. The van der Waals surface area contributed by atoms with Gasteiger partial charge < -0.3 is 10.2 Å². The number of aromatic nitrogens is 5. The Morgan fingerprint density at radius 2 is 1.86 bits per heavy atom. The Morgan fingerprint density at radius 1 is 1.14 bits per heavy atom. The van der Waals surface area contributed by atoms with Crippen molar-refractivity contribution < 1.29 is 22.8 Å². The molecule has 0 bridgehead atoms. The first-order valence-corrected chi connectivity index (χ1v) is 11.0. The number of ketones is 1. The summed E-state index contributed by atoms with van der Waals surface area (Å²) in [5.41, 5.74) is 2.27. The van der Waals surface area contributed by atoms with Crippen LogP contribution in [0.2, 0.25) is 0 Å². The summed E-state index contributed by atoms with van der Waals surface area (Å²) >= 11 is 0. The largest absolute Gasteiger partial charge is 0.408 e. The highest BCUT2D eigenvalue weighted by Crippen LogP contribution is 2.40. The minimum Gasteiger partial charge on any atom is -0.351 e. The predicted molar refractivity (Wildman–Crippen MR) is 120 cm³/mol. The monoisotopic (exact) mass is 487 g/mol. The Labute approximate surface area is 199 Å². The van der Waals surface area contributed by atoms with E-state index in [1.165, 1.54) is 31.5 Å². The van der Waals surface area contributed by atoms with E-state index in [2.05, 4.69) is 25.4 Å². The molecule has 3 aromatic heterocycles. The number of halogens is 3. The normalized spacial score (nSPS) is 13.5. The quantitative estimate of drug-likeness (QED) is 0.458. The summed E-state index contributed by atoms with van der Waals surface area (Å²) in [6.07, 6.45) is 3.17. The van der Waals surface area contributed by atoms with Crippen LogP contribution in [0.15, 0.2) is 37.1 Å². The number of hydrogen-bond donors (Lipinski definition) is 1. The summed E-state index contributed by atoms with van der Waals surface area (Å²) in [6, 6.07) is 3.65. The lowest BCUT2D eigenvalue weighted by atomic mass is 10.0. The Morgan fingerprint density at radius 3 is 2.49 bits per heavy atom. The van der Waals surface area contributed by atoms with Crippen molar-refractivity contribution in [3.05, 3.63) is 59.7 Å². The van der Waals surface area contributed by atoms with Gasteiger partial charge >= 0.3 is 6.18 Å². The number of pyridine rings is 1. The molecule has 0 atom stereocenters. The van der Waals surface area contributed by atoms with Crippen molar-refractivity contribution in [2.24, 2.45) is 0 Å². The molecule has 1 aliphatic carbocycles. The number of nitrogens with one attached hydrogen (secondary N) is 1. The number of aryl methyl sites for hydroxylation is 1. The second-order valence-corrected chi connectivity index (χ2v) is 8.60. The van der Waals surface area contributed by atoms with Crippen LogP contribution in [0.25, 0.3) is 0 Å². The smallest absolute Gasteiger partial charge is 0.351 e. The first-order chi connectivity index (χ1) is 16.6. The van der Waals surface area contributed by atoms with E-state index in [0.29, 0.717) is 22.0 Å². The number of nitrogens with zero attached hydrogens (tertiary/aromatic N) is 6. The number of anilines is 2. The van der Waals surface area contributed by atoms with Gasteiger partial charge in [-0.3, -0.25) is 14.3 Å². The highest BCUT2D eigenvalue weighted by molar-refractivity contribution is 6.00. The van der Waals surface area contributed by atoms with Gasteiger partial charge in [-0.1, -0.05) is 0 Å². The predicted octanol–water partition coefficient (Wildman–Crippen LogP) is 3.77. The van der Waals surface area contributed by atoms with Crippen molar-refractivity contribution >= 4 is 23.1 Å². The number of hydrogen-bond acceptors (Lipinski definition) is 7. The Balaban J connectivity index is 1.58. The van der Waals surface area contributed by atoms with Crippen LogP contribution in [0.5, 0.6) is 0 Å². The molecule has 1 fully saturated rings. The van der Waals surface area contributed by atoms with E-state index < -0.39 is 18.6 Å². The van der Waals surface area contributed by atoms with E-state index in [1.54, 1.807) is 18.5 Å². The fraction of sp³-hybridized carbons (Fsp3) is 0.391. The molecule has 1 N–H and O–H groups in total. The third kappa shape index (κ3) is 6.19. The molecule has 4 rings (SSSR count). The zero-order valence-electron chi connectivity index (χ0n) is 19.2. The highest BCUT2D eigenvalue weighted by atomic mass is 19.4. The third-order valence-corrected chi connectivity index (χ3v) is 5.43. The van der Waals surface area contributed by atoms with E-state index in [9.17, 15) is 22.8 Å². The SMILES string of the molecule is CN(C)C(=O)c1nn(CC(F)(F)F)cc1CCC(=O)c1nc(C2CC2)ccc1Nc1cncnc1. The van der Waals surface area contributed by atoms with E-state index >= 15 is 0 Å². The summed E-state index contributed by atoms with van der Waals surface area (Å²) < 4.78 is 39.3. The van der Waals surface area contributed by atoms with Gasteiger partial charge in [-0.25, -0.2) is 15.0 Å². The molecule has 3 aromatic rings. The van der Waals surface area contributed by atoms with Crippen molar-refractivity contribution in [3.8, 4) is 0 Å². The number of carbonyl (C=O) groups excluding carboxylic acids is 2. The minimum absolute atomic E-state index is 0.0365. The van der Waals surface area contributed by atoms with Crippen LogP contribution >= 0.6 is 0 Å². The van der Waals surface area contributed by atoms with Gasteiger partial charge in [-0.15, -0.1) is 0 Å². The fourth-order valence-electron chi connectivity index (χ4n) is 3.58. The maximum Gasteiger partial charge on any atom is 0.408 e. The Kier molecular flexibility index (Phi) is 6.81. The van der Waals surface area contributed by atoms with Crippen LogP contribution in [0.3, 0.4) is 0 Å². The van der Waals surface area contributed by atoms with Gasteiger partial charge in [0.15, 0.2) is 11.5 Å². The third-order valence-electron chi connectivity index (χ3n) is 5.43. The van der Waals surface area contributed by atoms with E-state index in [0.717, 1.165) is 18.5 Å². The number of alkyl halides is 3. The van der Waals surface area contributed by atoms with Gasteiger partial charge in [0, 0.05) is 43.9 Å². The van der Waals surface area contributed by atoms with Crippen LogP contribution in [-0.2, 0) is 13.0 Å². The average Bonchev–Trinajstić information content (AvgIpc) is 3.58. The summed E-state index contributed by atoms with van der Waals surface area (Å²) in [5.74, 6) is -0.520. The lowest BCUT2D eigenvalue weighted by molar-refractivity contribution is -0.142. The molecule has 0 radical (unpaired) electrons. The standard InChI is InChI=1S/C23H24F3N7O2/c1-32(2)22(35)20-15(11-33(31-20)12-23(24,25)26)5-8-19(34)21-18(29-16-9-27-13-28-10-16)7-6-17(30-21)14-3-4-14/h6-7,9-11,13-14,29H,3-5,8,12H2,1-2H3. The number of Topliss-reactive ketones (excluding diaryl/α,β-unsaturated/α-hetero) is 1. The van der Waals surface area contributed by atoms with Crippen LogP contribution in [0, 0.1) is 0 Å². The number of rotatable bonds is 9. The second-order valence-electron chi connectivity index (χ2n) is 8.60. The van der Waals surface area contributed by atoms with Crippen LogP contribution in [-0.4, -0.2) is 61.6 Å². The van der Waals surface area contributed by atoms with E-state index in [-0.39, 0.29) is 35.6 Å². The molecule has 0 aromatic carbocycles. The molecule has 184 valence electrons. The maximum absolute atomic E-state index is 13.2. The highest BCUT2D eigenvalue weighted by Gasteiger charge is 2.31. The first kappa shape index (κ1) is 24.3. The molecular weight excluding hydrogens is 463 g/mol. The fourth-order valence-corrected chi connectivity index (χ4v) is 3.58. The molecule has 1 amide bonds. The molecule has 0 aliphatic heterocycles. The molecule has 0 saturated heterocycles. The molecule has 9 nitrogen and oxygen atoms in total. The van der Waals surface area contributed by atoms with Crippen LogP contribution in [0.1, 0.15) is 57.4 Å². The van der Waals surface area contributed by atoms with Crippen molar-refractivity contribution in [2.75, 3.05) is 19.4 Å². The Hall–Kier alpha value is -3.83. The lowest BCUT2D eigenvalue weighted by Crippen LogP contribution is -2.24. The lowest BCUT2D eigenvalue weighted by Gasteiger charge is -2.12. The number of carbonyl (C=O) groups is 2.